The Morgan fingerprint density at radius 1 is 1.40 bits per heavy atom. The maximum absolute atomic E-state index is 12.5. The zero-order valence-corrected chi connectivity index (χ0v) is 15.9. The van der Waals surface area contributed by atoms with Gasteiger partial charge in [0.1, 0.15) is 0 Å². The number of aryl methyl sites for hydroxylation is 1. The first kappa shape index (κ1) is 19.4. The SMILES string of the molecule is CNC(C)Cc1noc(C2CC(=O)N(c3cccc(C)c3C)C2)n1.Cl. The molecular weight excluding hydrogens is 340 g/mol. The van der Waals surface area contributed by atoms with Crippen LogP contribution in [0.2, 0.25) is 0 Å². The lowest BCUT2D eigenvalue weighted by Gasteiger charge is -2.19. The Labute approximate surface area is 154 Å². The summed E-state index contributed by atoms with van der Waals surface area (Å²) in [5, 5.41) is 7.20. The van der Waals surface area contributed by atoms with Crippen LogP contribution in [0.3, 0.4) is 0 Å². The molecule has 1 amide bonds. The molecule has 6 nitrogen and oxygen atoms in total. The van der Waals surface area contributed by atoms with Crippen molar-refractivity contribution in [2.24, 2.45) is 0 Å². The predicted octanol–water partition coefficient (Wildman–Crippen LogP) is 2.78. The third kappa shape index (κ3) is 4.02. The van der Waals surface area contributed by atoms with Gasteiger partial charge in [0.2, 0.25) is 11.8 Å². The van der Waals surface area contributed by atoms with Crippen LogP contribution in [0.15, 0.2) is 22.7 Å². The standard InChI is InChI=1S/C18H24N4O2.ClH/c1-11-6-5-7-15(13(11)3)22-10-14(9-17(22)23)18-20-16(21-24-18)8-12(2)19-4;/h5-7,12,14,19H,8-10H2,1-4H3;1H. The average molecular weight is 365 g/mol. The number of halogens is 1. The van der Waals surface area contributed by atoms with Crippen molar-refractivity contribution in [1.29, 1.82) is 0 Å². The zero-order chi connectivity index (χ0) is 17.3. The molecule has 136 valence electrons. The van der Waals surface area contributed by atoms with Gasteiger partial charge in [-0.25, -0.2) is 0 Å². The number of likely N-dealkylation sites (N-methyl/N-ethyl adjacent to an activating group) is 1. The van der Waals surface area contributed by atoms with E-state index in [9.17, 15) is 4.79 Å². The summed E-state index contributed by atoms with van der Waals surface area (Å²) in [6, 6.07) is 6.33. The first-order valence-electron chi connectivity index (χ1n) is 8.36. The summed E-state index contributed by atoms with van der Waals surface area (Å²) in [5.74, 6) is 1.32. The van der Waals surface area contributed by atoms with E-state index in [0.717, 1.165) is 11.3 Å². The lowest BCUT2D eigenvalue weighted by Crippen LogP contribution is -2.25. The molecule has 1 aliphatic heterocycles. The molecule has 2 unspecified atom stereocenters. The molecule has 2 atom stereocenters. The third-order valence-corrected chi connectivity index (χ3v) is 4.81. The summed E-state index contributed by atoms with van der Waals surface area (Å²) in [5.41, 5.74) is 3.30. The second kappa shape index (κ2) is 7.97. The summed E-state index contributed by atoms with van der Waals surface area (Å²) in [6.45, 7) is 6.77. The van der Waals surface area contributed by atoms with Gasteiger partial charge in [-0.3, -0.25) is 4.79 Å². The van der Waals surface area contributed by atoms with Crippen LogP contribution in [0.1, 0.15) is 42.1 Å². The zero-order valence-electron chi connectivity index (χ0n) is 15.1. The molecule has 0 aliphatic carbocycles. The normalized spacial score (nSPS) is 18.3. The molecule has 7 heteroatoms. The highest BCUT2D eigenvalue weighted by Gasteiger charge is 2.35. The Morgan fingerprint density at radius 2 is 2.16 bits per heavy atom. The van der Waals surface area contributed by atoms with Gasteiger partial charge in [-0.2, -0.15) is 4.98 Å². The number of amides is 1. The third-order valence-electron chi connectivity index (χ3n) is 4.81. The van der Waals surface area contributed by atoms with Gasteiger partial charge in [0.15, 0.2) is 5.82 Å². The molecule has 1 N–H and O–H groups in total. The smallest absolute Gasteiger partial charge is 0.232 e. The molecule has 0 spiro atoms. The van der Waals surface area contributed by atoms with Crippen LogP contribution in [0.4, 0.5) is 5.69 Å². The van der Waals surface area contributed by atoms with Crippen LogP contribution in [-0.4, -0.2) is 35.7 Å². The quantitative estimate of drug-likeness (QED) is 0.883. The molecule has 2 aromatic rings. The van der Waals surface area contributed by atoms with Gasteiger partial charge in [-0.05, 0) is 45.0 Å². The Balaban J connectivity index is 0.00000225. The van der Waals surface area contributed by atoms with Gasteiger partial charge in [-0.15, -0.1) is 12.4 Å². The lowest BCUT2D eigenvalue weighted by molar-refractivity contribution is -0.117. The lowest BCUT2D eigenvalue weighted by atomic mass is 10.1. The fourth-order valence-corrected chi connectivity index (χ4v) is 3.03. The number of anilines is 1. The molecule has 1 saturated heterocycles. The first-order valence-corrected chi connectivity index (χ1v) is 8.36. The van der Waals surface area contributed by atoms with Gasteiger partial charge >= 0.3 is 0 Å². The highest BCUT2D eigenvalue weighted by Crippen LogP contribution is 2.33. The van der Waals surface area contributed by atoms with E-state index >= 15 is 0 Å². The van der Waals surface area contributed by atoms with E-state index in [2.05, 4.69) is 42.3 Å². The van der Waals surface area contributed by atoms with Crippen LogP contribution in [-0.2, 0) is 11.2 Å². The Kier molecular flexibility index (Phi) is 6.19. The Morgan fingerprint density at radius 3 is 2.88 bits per heavy atom. The van der Waals surface area contributed by atoms with Gasteiger partial charge in [0.05, 0.1) is 5.92 Å². The molecule has 1 fully saturated rings. The average Bonchev–Trinajstić information content (AvgIpc) is 3.17. The van der Waals surface area contributed by atoms with Gasteiger partial charge in [-0.1, -0.05) is 17.3 Å². The molecule has 0 radical (unpaired) electrons. The Bertz CT molecular complexity index is 746. The van der Waals surface area contributed by atoms with Crippen LogP contribution >= 0.6 is 12.4 Å². The summed E-state index contributed by atoms with van der Waals surface area (Å²) in [4.78, 5) is 18.8. The number of carbonyl (C=O) groups excluding carboxylic acids is 1. The Hall–Kier alpha value is -1.92. The van der Waals surface area contributed by atoms with Gasteiger partial charge in [0, 0.05) is 31.1 Å². The van der Waals surface area contributed by atoms with Crippen molar-refractivity contribution in [1.82, 2.24) is 15.5 Å². The number of benzene rings is 1. The molecule has 1 aromatic carbocycles. The van der Waals surface area contributed by atoms with E-state index in [0.29, 0.717) is 31.1 Å². The van der Waals surface area contributed by atoms with Crippen molar-refractivity contribution in [3.63, 3.8) is 0 Å². The van der Waals surface area contributed by atoms with Gasteiger partial charge in [0.25, 0.3) is 0 Å². The molecule has 3 rings (SSSR count). The maximum Gasteiger partial charge on any atom is 0.232 e. The van der Waals surface area contributed by atoms with Crippen molar-refractivity contribution in [2.75, 3.05) is 18.5 Å². The monoisotopic (exact) mass is 364 g/mol. The number of carbonyl (C=O) groups is 1. The van der Waals surface area contributed by atoms with E-state index in [1.165, 1.54) is 5.56 Å². The minimum absolute atomic E-state index is 0. The largest absolute Gasteiger partial charge is 0.339 e. The topological polar surface area (TPSA) is 71.3 Å². The number of rotatable bonds is 5. The summed E-state index contributed by atoms with van der Waals surface area (Å²) in [7, 11) is 1.91. The van der Waals surface area contributed by atoms with Gasteiger partial charge < -0.3 is 14.7 Å². The first-order chi connectivity index (χ1) is 11.5. The number of nitrogens with zero attached hydrogens (tertiary/aromatic N) is 3. The van der Waals surface area contributed by atoms with Crippen molar-refractivity contribution in [3.05, 3.63) is 41.0 Å². The van der Waals surface area contributed by atoms with Crippen molar-refractivity contribution >= 4 is 24.0 Å². The molecule has 0 saturated carbocycles. The molecule has 2 heterocycles. The van der Waals surface area contributed by atoms with Crippen LogP contribution in [0.5, 0.6) is 0 Å². The highest BCUT2D eigenvalue weighted by molar-refractivity contribution is 5.97. The second-order valence-corrected chi connectivity index (χ2v) is 6.57. The van der Waals surface area contributed by atoms with E-state index in [1.54, 1.807) is 0 Å². The molecule has 25 heavy (non-hydrogen) atoms. The van der Waals surface area contributed by atoms with Crippen LogP contribution in [0, 0.1) is 13.8 Å². The van der Waals surface area contributed by atoms with Crippen molar-refractivity contribution in [2.45, 2.75) is 45.6 Å². The minimum Gasteiger partial charge on any atom is -0.339 e. The van der Waals surface area contributed by atoms with Crippen molar-refractivity contribution in [3.8, 4) is 0 Å². The number of hydrogen-bond donors (Lipinski definition) is 1. The van der Waals surface area contributed by atoms with Crippen molar-refractivity contribution < 1.29 is 9.32 Å². The molecular formula is C18H25ClN4O2. The second-order valence-electron chi connectivity index (χ2n) is 6.57. The maximum atomic E-state index is 12.5. The molecule has 1 aliphatic rings. The number of aromatic nitrogens is 2. The van der Waals surface area contributed by atoms with E-state index < -0.39 is 0 Å². The molecule has 1 aromatic heterocycles. The van der Waals surface area contributed by atoms with E-state index in [1.807, 2.05) is 24.1 Å². The van der Waals surface area contributed by atoms with E-state index in [4.69, 9.17) is 4.52 Å². The molecule has 0 bridgehead atoms. The fraction of sp³-hybridized carbons (Fsp3) is 0.500. The van der Waals surface area contributed by atoms with Crippen LogP contribution < -0.4 is 10.2 Å². The number of nitrogens with one attached hydrogen (secondary N) is 1. The summed E-state index contributed by atoms with van der Waals surface area (Å²) < 4.78 is 5.41. The minimum atomic E-state index is -0.0384. The predicted molar refractivity (Wildman–Crippen MR) is 99.4 cm³/mol. The summed E-state index contributed by atoms with van der Waals surface area (Å²) in [6.07, 6.45) is 1.12. The fourth-order valence-electron chi connectivity index (χ4n) is 3.03. The van der Waals surface area contributed by atoms with E-state index in [-0.39, 0.29) is 30.3 Å². The summed E-state index contributed by atoms with van der Waals surface area (Å²) >= 11 is 0. The highest BCUT2D eigenvalue weighted by atomic mass is 35.5. The number of hydrogen-bond acceptors (Lipinski definition) is 5. The van der Waals surface area contributed by atoms with Crippen LogP contribution in [0.25, 0.3) is 0 Å².